The lowest BCUT2D eigenvalue weighted by Gasteiger charge is -2.35. The maximum atomic E-state index is 13.2. The molecule has 2 aromatic heterocycles. The van der Waals surface area contributed by atoms with E-state index < -0.39 is 0 Å². The summed E-state index contributed by atoms with van der Waals surface area (Å²) in [5.74, 6) is 1.15. The lowest BCUT2D eigenvalue weighted by atomic mass is 10.0. The van der Waals surface area contributed by atoms with Crippen LogP contribution < -0.4 is 0 Å². The number of aryl methyl sites for hydroxylation is 2. The third-order valence-corrected chi connectivity index (χ3v) is 5.87. The first-order valence-electron chi connectivity index (χ1n) is 9.46. The Bertz CT molecular complexity index is 1010. The van der Waals surface area contributed by atoms with Crippen LogP contribution in [0, 0.1) is 12.7 Å². The molecule has 4 rings (SSSR count). The minimum atomic E-state index is -0.344. The van der Waals surface area contributed by atoms with Crippen LogP contribution in [0.4, 0.5) is 4.39 Å². The topological polar surface area (TPSA) is 63.9 Å². The molecule has 0 bridgehead atoms. The van der Waals surface area contributed by atoms with Gasteiger partial charge in [-0.2, -0.15) is 4.37 Å². The van der Waals surface area contributed by atoms with E-state index in [0.29, 0.717) is 18.7 Å². The Hall–Kier alpha value is -2.61. The molecule has 1 aromatic carbocycles. The summed E-state index contributed by atoms with van der Waals surface area (Å²) in [5.41, 5.74) is 2.57. The highest BCUT2D eigenvalue weighted by Crippen LogP contribution is 2.34. The maximum Gasteiger partial charge on any atom is 0.254 e. The Morgan fingerprint density at radius 3 is 2.64 bits per heavy atom. The molecule has 146 valence electrons. The number of carbonyl (C=O) groups excluding carboxylic acids is 1. The molecule has 1 aliphatic rings. The van der Waals surface area contributed by atoms with Crippen molar-refractivity contribution < 1.29 is 9.18 Å². The van der Waals surface area contributed by atoms with Gasteiger partial charge in [0.15, 0.2) is 10.8 Å². The first kappa shape index (κ1) is 18.7. The summed E-state index contributed by atoms with van der Waals surface area (Å²) >= 11 is 1.35. The van der Waals surface area contributed by atoms with Gasteiger partial charge < -0.3 is 9.47 Å². The van der Waals surface area contributed by atoms with Gasteiger partial charge in [-0.05, 0) is 56.1 Å². The second-order valence-electron chi connectivity index (χ2n) is 7.00. The highest BCUT2D eigenvalue weighted by Gasteiger charge is 2.33. The van der Waals surface area contributed by atoms with Gasteiger partial charge in [-0.1, -0.05) is 13.3 Å². The number of rotatable bonds is 4. The predicted molar refractivity (Wildman–Crippen MR) is 106 cm³/mol. The highest BCUT2D eigenvalue weighted by molar-refractivity contribution is 7.09. The minimum Gasteiger partial charge on any atom is -0.329 e. The molecule has 0 N–H and O–H groups in total. The molecule has 1 atom stereocenters. The summed E-state index contributed by atoms with van der Waals surface area (Å²) in [6.07, 6.45) is 1.81. The predicted octanol–water partition coefficient (Wildman–Crippen LogP) is 4.02. The van der Waals surface area contributed by atoms with Crippen molar-refractivity contribution in [3.8, 4) is 10.8 Å². The van der Waals surface area contributed by atoms with E-state index in [1.165, 1.54) is 23.7 Å². The minimum absolute atomic E-state index is 0.0873. The first-order chi connectivity index (χ1) is 13.5. The van der Waals surface area contributed by atoms with E-state index in [1.807, 2.05) is 18.7 Å². The number of fused-ring (bicyclic) bond motifs is 1. The van der Waals surface area contributed by atoms with Crippen molar-refractivity contribution in [2.24, 2.45) is 0 Å². The second-order valence-corrected chi connectivity index (χ2v) is 7.75. The zero-order valence-electron chi connectivity index (χ0n) is 16.1. The van der Waals surface area contributed by atoms with Crippen LogP contribution in [0.1, 0.15) is 53.9 Å². The highest BCUT2D eigenvalue weighted by atomic mass is 32.1. The fourth-order valence-corrected chi connectivity index (χ4v) is 4.43. The monoisotopic (exact) mass is 399 g/mol. The van der Waals surface area contributed by atoms with Gasteiger partial charge in [0.25, 0.3) is 5.91 Å². The van der Waals surface area contributed by atoms with Crippen molar-refractivity contribution in [1.82, 2.24) is 23.8 Å². The number of nitrogens with zero attached hydrogens (tertiary/aromatic N) is 5. The van der Waals surface area contributed by atoms with Crippen LogP contribution in [0.15, 0.2) is 24.3 Å². The third-order valence-electron chi connectivity index (χ3n) is 5.07. The number of carbonyl (C=O) groups is 1. The number of hydrogen-bond acceptors (Lipinski definition) is 5. The molecule has 0 aliphatic carbocycles. The van der Waals surface area contributed by atoms with Crippen LogP contribution in [-0.4, -0.2) is 36.3 Å². The van der Waals surface area contributed by atoms with Crippen LogP contribution >= 0.6 is 11.5 Å². The van der Waals surface area contributed by atoms with E-state index in [2.05, 4.69) is 20.8 Å². The van der Waals surface area contributed by atoms with Gasteiger partial charge >= 0.3 is 0 Å². The second kappa shape index (κ2) is 7.43. The van der Waals surface area contributed by atoms with E-state index in [4.69, 9.17) is 4.98 Å². The molecule has 3 aromatic rings. The summed E-state index contributed by atoms with van der Waals surface area (Å²) in [6, 6.07) is 5.61. The molecular formula is C20H22FN5OS. The Labute approximate surface area is 167 Å². The van der Waals surface area contributed by atoms with Crippen molar-refractivity contribution in [1.29, 1.82) is 0 Å². The maximum absolute atomic E-state index is 13.2. The smallest absolute Gasteiger partial charge is 0.254 e. The van der Waals surface area contributed by atoms with Crippen LogP contribution in [0.3, 0.4) is 0 Å². The van der Waals surface area contributed by atoms with Crippen LogP contribution in [-0.2, 0) is 13.0 Å². The lowest BCUT2D eigenvalue weighted by Crippen LogP contribution is -2.41. The Kier molecular flexibility index (Phi) is 4.97. The molecule has 6 nitrogen and oxygen atoms in total. The molecule has 8 heteroatoms. The Balaban J connectivity index is 1.72. The van der Waals surface area contributed by atoms with Crippen molar-refractivity contribution >= 4 is 17.4 Å². The van der Waals surface area contributed by atoms with Crippen molar-refractivity contribution in [3.63, 3.8) is 0 Å². The van der Waals surface area contributed by atoms with E-state index in [9.17, 15) is 9.18 Å². The van der Waals surface area contributed by atoms with Crippen molar-refractivity contribution in [2.45, 2.75) is 46.2 Å². The van der Waals surface area contributed by atoms with Crippen molar-refractivity contribution in [2.75, 3.05) is 6.54 Å². The molecule has 0 radical (unpaired) electrons. The quantitative estimate of drug-likeness (QED) is 0.665. The number of benzene rings is 1. The van der Waals surface area contributed by atoms with Gasteiger partial charge in [0.05, 0.1) is 17.4 Å². The first-order valence-corrected chi connectivity index (χ1v) is 10.2. The van der Waals surface area contributed by atoms with Gasteiger partial charge in [-0.3, -0.25) is 4.79 Å². The number of halogens is 1. The number of imidazole rings is 1. The lowest BCUT2D eigenvalue weighted by molar-refractivity contribution is 0.0643. The Morgan fingerprint density at radius 1 is 1.25 bits per heavy atom. The number of aromatic nitrogens is 4. The van der Waals surface area contributed by atoms with Gasteiger partial charge in [0, 0.05) is 18.7 Å². The average Bonchev–Trinajstić information content (AvgIpc) is 3.26. The normalized spacial score (nSPS) is 16.3. The fourth-order valence-electron chi connectivity index (χ4n) is 3.77. The standard InChI is InChI=1S/C20H22FN5OS/c1-4-5-16-17-12(2)25(20(27)14-6-8-15(21)9-7-14)10-11-26(17)18(23-16)19-22-13(3)24-28-19/h6-9,12H,4-5,10-11H2,1-3H3/t12-/m1/s1. The molecule has 0 spiro atoms. The van der Waals surface area contributed by atoms with Crippen molar-refractivity contribution in [3.05, 3.63) is 52.9 Å². The fraction of sp³-hybridized carbons (Fsp3) is 0.400. The number of amides is 1. The van der Waals surface area contributed by atoms with Gasteiger partial charge in [-0.25, -0.2) is 14.4 Å². The molecule has 1 amide bonds. The average molecular weight is 399 g/mol. The Morgan fingerprint density at radius 2 is 2.00 bits per heavy atom. The number of hydrogen-bond donors (Lipinski definition) is 0. The van der Waals surface area contributed by atoms with Crippen LogP contribution in [0.25, 0.3) is 10.8 Å². The molecule has 0 saturated heterocycles. The summed E-state index contributed by atoms with van der Waals surface area (Å²) in [6.45, 7) is 7.24. The summed E-state index contributed by atoms with van der Waals surface area (Å²) in [4.78, 5) is 24.3. The summed E-state index contributed by atoms with van der Waals surface area (Å²) < 4.78 is 19.7. The van der Waals surface area contributed by atoms with E-state index in [0.717, 1.165) is 40.9 Å². The molecule has 1 aliphatic heterocycles. The zero-order chi connectivity index (χ0) is 19.8. The third kappa shape index (κ3) is 3.22. The zero-order valence-corrected chi connectivity index (χ0v) is 17.0. The molecule has 3 heterocycles. The van der Waals surface area contributed by atoms with E-state index in [1.54, 1.807) is 12.1 Å². The van der Waals surface area contributed by atoms with E-state index in [-0.39, 0.29) is 17.8 Å². The molecular weight excluding hydrogens is 377 g/mol. The van der Waals surface area contributed by atoms with E-state index >= 15 is 0 Å². The van der Waals surface area contributed by atoms with Crippen LogP contribution in [0.5, 0.6) is 0 Å². The summed E-state index contributed by atoms with van der Waals surface area (Å²) in [7, 11) is 0. The molecule has 28 heavy (non-hydrogen) atoms. The van der Waals surface area contributed by atoms with Gasteiger partial charge in [-0.15, -0.1) is 0 Å². The van der Waals surface area contributed by atoms with Crippen LogP contribution in [0.2, 0.25) is 0 Å². The summed E-state index contributed by atoms with van der Waals surface area (Å²) in [5, 5.41) is 0.812. The SMILES string of the molecule is CCCc1nc(-c2nc(C)ns2)n2c1[C@@H](C)N(C(=O)c1ccc(F)cc1)CC2. The molecule has 0 unspecified atom stereocenters. The van der Waals surface area contributed by atoms with Gasteiger partial charge in [0.1, 0.15) is 11.6 Å². The van der Waals surface area contributed by atoms with Gasteiger partial charge in [0.2, 0.25) is 0 Å². The molecule has 0 fully saturated rings. The largest absolute Gasteiger partial charge is 0.329 e. The molecule has 0 saturated carbocycles.